The van der Waals surface area contributed by atoms with Crippen LogP contribution in [0.5, 0.6) is 5.75 Å². The van der Waals surface area contributed by atoms with E-state index in [0.717, 1.165) is 18.4 Å². The molecular formula is C18H28FNO. The molecule has 0 aromatic heterocycles. The fourth-order valence-electron chi connectivity index (χ4n) is 3.09. The SMILES string of the molecule is CCC1CCCCC1Oc1c(F)cccc1CNC(C)C. The first kappa shape index (κ1) is 16.3. The molecule has 1 saturated carbocycles. The lowest BCUT2D eigenvalue weighted by Gasteiger charge is -2.32. The van der Waals surface area contributed by atoms with Crippen molar-refractivity contribution >= 4 is 0 Å². The Labute approximate surface area is 128 Å². The molecule has 118 valence electrons. The standard InChI is InChI=1S/C18H28FNO/c1-4-14-8-5-6-11-17(14)21-18-15(12-20-13(2)3)9-7-10-16(18)19/h7,9-10,13-14,17,20H,4-6,8,11-12H2,1-3H3. The summed E-state index contributed by atoms with van der Waals surface area (Å²) in [5.74, 6) is 0.777. The van der Waals surface area contributed by atoms with Crippen molar-refractivity contribution in [2.45, 2.75) is 71.6 Å². The van der Waals surface area contributed by atoms with Gasteiger partial charge >= 0.3 is 0 Å². The van der Waals surface area contributed by atoms with Crippen LogP contribution in [-0.2, 0) is 6.54 Å². The highest BCUT2D eigenvalue weighted by Crippen LogP contribution is 2.33. The van der Waals surface area contributed by atoms with Crippen LogP contribution in [0.3, 0.4) is 0 Å². The normalized spacial score (nSPS) is 22.5. The predicted molar refractivity (Wildman–Crippen MR) is 85.0 cm³/mol. The van der Waals surface area contributed by atoms with E-state index in [1.54, 1.807) is 6.07 Å². The molecule has 21 heavy (non-hydrogen) atoms. The zero-order valence-electron chi connectivity index (χ0n) is 13.5. The summed E-state index contributed by atoms with van der Waals surface area (Å²) < 4.78 is 20.3. The molecule has 0 heterocycles. The molecule has 0 bridgehead atoms. The maximum absolute atomic E-state index is 14.2. The lowest BCUT2D eigenvalue weighted by molar-refractivity contribution is 0.0851. The van der Waals surface area contributed by atoms with Crippen molar-refractivity contribution in [1.82, 2.24) is 5.32 Å². The second-order valence-corrected chi connectivity index (χ2v) is 6.37. The van der Waals surface area contributed by atoms with Gasteiger partial charge in [-0.3, -0.25) is 0 Å². The fourth-order valence-corrected chi connectivity index (χ4v) is 3.09. The lowest BCUT2D eigenvalue weighted by atomic mass is 9.84. The van der Waals surface area contributed by atoms with E-state index < -0.39 is 0 Å². The molecule has 0 radical (unpaired) electrons. The van der Waals surface area contributed by atoms with E-state index in [1.807, 2.05) is 6.07 Å². The average Bonchev–Trinajstić information content (AvgIpc) is 2.48. The topological polar surface area (TPSA) is 21.3 Å². The van der Waals surface area contributed by atoms with Crippen LogP contribution < -0.4 is 10.1 Å². The molecule has 2 unspecified atom stereocenters. The monoisotopic (exact) mass is 293 g/mol. The molecule has 0 amide bonds. The summed E-state index contributed by atoms with van der Waals surface area (Å²) in [6, 6.07) is 5.59. The third-order valence-electron chi connectivity index (χ3n) is 4.38. The Bertz CT molecular complexity index is 447. The Morgan fingerprint density at radius 2 is 2.05 bits per heavy atom. The Morgan fingerprint density at radius 3 is 2.76 bits per heavy atom. The molecule has 0 aliphatic heterocycles. The van der Waals surface area contributed by atoms with Gasteiger partial charge in [0.2, 0.25) is 0 Å². The molecule has 1 aliphatic carbocycles. The maximum atomic E-state index is 14.2. The van der Waals surface area contributed by atoms with Gasteiger partial charge in [-0.2, -0.15) is 0 Å². The molecule has 1 aromatic carbocycles. The zero-order chi connectivity index (χ0) is 15.2. The highest BCUT2D eigenvalue weighted by Gasteiger charge is 2.27. The third-order valence-corrected chi connectivity index (χ3v) is 4.38. The summed E-state index contributed by atoms with van der Waals surface area (Å²) in [6.07, 6.45) is 5.99. The van der Waals surface area contributed by atoms with Gasteiger partial charge in [-0.1, -0.05) is 39.3 Å². The first-order valence-electron chi connectivity index (χ1n) is 8.29. The summed E-state index contributed by atoms with van der Waals surface area (Å²) >= 11 is 0. The van der Waals surface area contributed by atoms with Gasteiger partial charge in [0.05, 0.1) is 0 Å². The van der Waals surface area contributed by atoms with E-state index in [2.05, 4.69) is 26.1 Å². The molecule has 1 aliphatic rings. The fraction of sp³-hybridized carbons (Fsp3) is 0.667. The Hall–Kier alpha value is -1.09. The number of nitrogens with one attached hydrogen (secondary N) is 1. The summed E-state index contributed by atoms with van der Waals surface area (Å²) in [4.78, 5) is 0. The second kappa shape index (κ2) is 7.79. The van der Waals surface area contributed by atoms with Gasteiger partial charge in [-0.25, -0.2) is 4.39 Å². The molecule has 1 fully saturated rings. The number of benzene rings is 1. The Balaban J connectivity index is 2.13. The van der Waals surface area contributed by atoms with E-state index in [1.165, 1.54) is 25.3 Å². The van der Waals surface area contributed by atoms with Gasteiger partial charge in [0.1, 0.15) is 6.10 Å². The molecule has 1 aromatic rings. The van der Waals surface area contributed by atoms with Crippen LogP contribution in [0.25, 0.3) is 0 Å². The van der Waals surface area contributed by atoms with Crippen LogP contribution in [-0.4, -0.2) is 12.1 Å². The van der Waals surface area contributed by atoms with E-state index in [-0.39, 0.29) is 11.9 Å². The van der Waals surface area contributed by atoms with Crippen LogP contribution >= 0.6 is 0 Å². The molecule has 0 saturated heterocycles. The van der Waals surface area contributed by atoms with E-state index >= 15 is 0 Å². The molecule has 2 atom stereocenters. The van der Waals surface area contributed by atoms with Crippen molar-refractivity contribution in [3.05, 3.63) is 29.6 Å². The van der Waals surface area contributed by atoms with Crippen molar-refractivity contribution in [3.8, 4) is 5.75 Å². The zero-order valence-corrected chi connectivity index (χ0v) is 13.5. The quantitative estimate of drug-likeness (QED) is 0.823. The minimum atomic E-state index is -0.238. The smallest absolute Gasteiger partial charge is 0.165 e. The van der Waals surface area contributed by atoms with Crippen LogP contribution in [0.4, 0.5) is 4.39 Å². The predicted octanol–water partition coefficient (Wildman–Crippen LogP) is 4.67. The Morgan fingerprint density at radius 1 is 1.29 bits per heavy atom. The van der Waals surface area contributed by atoms with Gasteiger partial charge in [0.15, 0.2) is 11.6 Å². The number of rotatable bonds is 6. The van der Waals surface area contributed by atoms with Crippen molar-refractivity contribution in [3.63, 3.8) is 0 Å². The van der Waals surface area contributed by atoms with Crippen molar-refractivity contribution in [2.75, 3.05) is 0 Å². The van der Waals surface area contributed by atoms with Gasteiger partial charge in [-0.15, -0.1) is 0 Å². The van der Waals surface area contributed by atoms with E-state index in [0.29, 0.717) is 24.3 Å². The highest BCUT2D eigenvalue weighted by atomic mass is 19.1. The minimum Gasteiger partial charge on any atom is -0.487 e. The van der Waals surface area contributed by atoms with Crippen molar-refractivity contribution < 1.29 is 9.13 Å². The molecular weight excluding hydrogens is 265 g/mol. The number of hydrogen-bond acceptors (Lipinski definition) is 2. The maximum Gasteiger partial charge on any atom is 0.165 e. The van der Waals surface area contributed by atoms with Crippen LogP contribution in [0.1, 0.15) is 58.4 Å². The second-order valence-electron chi connectivity index (χ2n) is 6.37. The first-order chi connectivity index (χ1) is 10.1. The van der Waals surface area contributed by atoms with Crippen molar-refractivity contribution in [2.24, 2.45) is 5.92 Å². The first-order valence-corrected chi connectivity index (χ1v) is 8.29. The average molecular weight is 293 g/mol. The summed E-state index contributed by atoms with van der Waals surface area (Å²) in [6.45, 7) is 7.03. The molecule has 0 spiro atoms. The summed E-state index contributed by atoms with van der Waals surface area (Å²) in [7, 11) is 0. The molecule has 3 heteroatoms. The van der Waals surface area contributed by atoms with Crippen LogP contribution in [0.15, 0.2) is 18.2 Å². The largest absolute Gasteiger partial charge is 0.487 e. The van der Waals surface area contributed by atoms with Gasteiger partial charge in [-0.05, 0) is 37.7 Å². The molecule has 1 N–H and O–H groups in total. The van der Waals surface area contributed by atoms with Crippen LogP contribution in [0.2, 0.25) is 0 Å². The lowest BCUT2D eigenvalue weighted by Crippen LogP contribution is -2.31. The number of halogens is 1. The summed E-state index contributed by atoms with van der Waals surface area (Å²) in [5.41, 5.74) is 0.920. The van der Waals surface area contributed by atoms with Gasteiger partial charge < -0.3 is 10.1 Å². The van der Waals surface area contributed by atoms with Gasteiger partial charge in [0.25, 0.3) is 0 Å². The number of hydrogen-bond donors (Lipinski definition) is 1. The molecule has 2 rings (SSSR count). The van der Waals surface area contributed by atoms with Crippen molar-refractivity contribution in [1.29, 1.82) is 0 Å². The van der Waals surface area contributed by atoms with E-state index in [9.17, 15) is 4.39 Å². The van der Waals surface area contributed by atoms with E-state index in [4.69, 9.17) is 4.74 Å². The van der Waals surface area contributed by atoms with Gasteiger partial charge in [0, 0.05) is 18.2 Å². The summed E-state index contributed by atoms with van der Waals surface area (Å²) in [5, 5.41) is 3.35. The molecule has 2 nitrogen and oxygen atoms in total. The Kier molecular flexibility index (Phi) is 6.04. The minimum absolute atomic E-state index is 0.165. The highest BCUT2D eigenvalue weighted by molar-refractivity contribution is 5.35. The van der Waals surface area contributed by atoms with Crippen LogP contribution in [0, 0.1) is 11.7 Å². The number of ether oxygens (including phenoxy) is 1. The number of para-hydroxylation sites is 1. The third kappa shape index (κ3) is 4.44.